The van der Waals surface area contributed by atoms with Crippen LogP contribution in [-0.4, -0.2) is 25.7 Å². The quantitative estimate of drug-likeness (QED) is 0.750. The van der Waals surface area contributed by atoms with E-state index in [0.717, 1.165) is 0 Å². The van der Waals surface area contributed by atoms with Gasteiger partial charge in [0.2, 0.25) is 10.0 Å². The number of benzene rings is 1. The Morgan fingerprint density at radius 2 is 2.00 bits per heavy atom. The summed E-state index contributed by atoms with van der Waals surface area (Å²) in [5.41, 5.74) is 0.502. The lowest BCUT2D eigenvalue weighted by molar-refractivity contribution is 0.173. The first-order chi connectivity index (χ1) is 8.88. The normalized spacial score (nSPS) is 14.6. The van der Waals surface area contributed by atoms with Crippen LogP contribution in [0.3, 0.4) is 0 Å². The molecule has 1 aromatic carbocycles. The molecule has 0 heterocycles. The van der Waals surface area contributed by atoms with Crippen LogP contribution in [0.4, 0.5) is 0 Å². The van der Waals surface area contributed by atoms with Crippen molar-refractivity contribution in [3.05, 3.63) is 55.1 Å². The average molecular weight is 281 g/mol. The van der Waals surface area contributed by atoms with Crippen molar-refractivity contribution in [3.8, 4) is 0 Å². The molecule has 0 spiro atoms. The summed E-state index contributed by atoms with van der Waals surface area (Å²) in [6, 6.07) is 7.36. The summed E-state index contributed by atoms with van der Waals surface area (Å²) in [5, 5.41) is 9.95. The van der Waals surface area contributed by atoms with Crippen LogP contribution >= 0.6 is 0 Å². The number of hydrogen-bond acceptors (Lipinski definition) is 3. The van der Waals surface area contributed by atoms with Crippen molar-refractivity contribution in [2.45, 2.75) is 30.4 Å². The van der Waals surface area contributed by atoms with Gasteiger partial charge < -0.3 is 5.11 Å². The van der Waals surface area contributed by atoms with Crippen molar-refractivity contribution in [2.75, 3.05) is 0 Å². The Hall–Kier alpha value is -1.43. The van der Waals surface area contributed by atoms with Gasteiger partial charge in [0, 0.05) is 0 Å². The molecule has 104 valence electrons. The van der Waals surface area contributed by atoms with Crippen LogP contribution < -0.4 is 4.72 Å². The van der Waals surface area contributed by atoms with E-state index < -0.39 is 22.2 Å². The average Bonchev–Trinajstić information content (AvgIpc) is 2.38. The van der Waals surface area contributed by atoms with Gasteiger partial charge in [0.15, 0.2) is 0 Å². The molecule has 0 aliphatic heterocycles. The van der Waals surface area contributed by atoms with Gasteiger partial charge in [0.25, 0.3) is 0 Å². The minimum atomic E-state index is -3.66. The van der Waals surface area contributed by atoms with Crippen LogP contribution in [0.1, 0.15) is 13.3 Å². The van der Waals surface area contributed by atoms with Crippen molar-refractivity contribution in [1.29, 1.82) is 0 Å². The Balaban J connectivity index is 2.96. The highest BCUT2D eigenvalue weighted by atomic mass is 32.2. The standard InChI is InChI=1S/C14H19NO3S/c1-4-8-13(14(16)11(2)3)15-19(17,18)12-9-6-5-7-10-12/h4-7,9-10,13-16H,1-2,8H2,3H3/t13-,14+/m1/s1. The van der Waals surface area contributed by atoms with E-state index >= 15 is 0 Å². The molecule has 1 rings (SSSR count). The topological polar surface area (TPSA) is 66.4 Å². The SMILES string of the molecule is C=CC[C@@H](NS(=O)(=O)c1ccccc1)[C@@H](O)C(=C)C. The molecule has 4 nitrogen and oxygen atoms in total. The highest BCUT2D eigenvalue weighted by molar-refractivity contribution is 7.89. The molecule has 0 aromatic heterocycles. The van der Waals surface area contributed by atoms with Crippen LogP contribution in [0.15, 0.2) is 60.0 Å². The molecule has 0 radical (unpaired) electrons. The molecule has 0 aliphatic rings. The van der Waals surface area contributed by atoms with Crippen LogP contribution in [0.25, 0.3) is 0 Å². The van der Waals surface area contributed by atoms with Crippen molar-refractivity contribution in [2.24, 2.45) is 0 Å². The number of aliphatic hydroxyl groups excluding tert-OH is 1. The van der Waals surface area contributed by atoms with Crippen LogP contribution in [0, 0.1) is 0 Å². The smallest absolute Gasteiger partial charge is 0.240 e. The van der Waals surface area contributed by atoms with Crippen molar-refractivity contribution in [3.63, 3.8) is 0 Å². The summed E-state index contributed by atoms with van der Waals surface area (Å²) in [4.78, 5) is 0.165. The Bertz CT molecular complexity index is 537. The fraction of sp³-hybridized carbons (Fsp3) is 0.286. The molecular weight excluding hydrogens is 262 g/mol. The van der Waals surface area contributed by atoms with E-state index in [1.54, 1.807) is 31.2 Å². The molecular formula is C14H19NO3S. The molecule has 0 bridgehead atoms. The molecule has 5 heteroatoms. The first-order valence-corrected chi connectivity index (χ1v) is 7.38. The largest absolute Gasteiger partial charge is 0.387 e. The molecule has 0 saturated carbocycles. The van der Waals surface area contributed by atoms with Crippen LogP contribution in [-0.2, 0) is 10.0 Å². The Morgan fingerprint density at radius 1 is 1.42 bits per heavy atom. The van der Waals surface area contributed by atoms with E-state index in [4.69, 9.17) is 0 Å². The molecule has 0 unspecified atom stereocenters. The van der Waals surface area contributed by atoms with E-state index in [9.17, 15) is 13.5 Å². The molecule has 0 aliphatic carbocycles. The number of nitrogens with one attached hydrogen (secondary N) is 1. The molecule has 0 saturated heterocycles. The zero-order chi connectivity index (χ0) is 14.5. The first kappa shape index (κ1) is 15.6. The number of aliphatic hydroxyl groups is 1. The molecule has 2 N–H and O–H groups in total. The van der Waals surface area contributed by atoms with Gasteiger partial charge in [-0.25, -0.2) is 13.1 Å². The van der Waals surface area contributed by atoms with E-state index in [-0.39, 0.29) is 4.90 Å². The van der Waals surface area contributed by atoms with Gasteiger partial charge in [-0.2, -0.15) is 0 Å². The lowest BCUT2D eigenvalue weighted by Gasteiger charge is -2.23. The van der Waals surface area contributed by atoms with Gasteiger partial charge >= 0.3 is 0 Å². The zero-order valence-electron chi connectivity index (χ0n) is 10.9. The zero-order valence-corrected chi connectivity index (χ0v) is 11.7. The third-order valence-electron chi connectivity index (χ3n) is 2.67. The first-order valence-electron chi connectivity index (χ1n) is 5.90. The third kappa shape index (κ3) is 4.31. The predicted molar refractivity (Wildman–Crippen MR) is 76.2 cm³/mol. The molecule has 1 aromatic rings. The Labute approximate surface area is 114 Å². The van der Waals surface area contributed by atoms with Gasteiger partial charge in [-0.15, -0.1) is 6.58 Å². The van der Waals surface area contributed by atoms with E-state index in [1.165, 1.54) is 12.1 Å². The second-order valence-electron chi connectivity index (χ2n) is 4.36. The lowest BCUT2D eigenvalue weighted by Crippen LogP contribution is -2.43. The fourth-order valence-electron chi connectivity index (χ4n) is 1.63. The maximum atomic E-state index is 12.2. The van der Waals surface area contributed by atoms with Crippen LogP contribution in [0.2, 0.25) is 0 Å². The summed E-state index contributed by atoms with van der Waals surface area (Å²) < 4.78 is 26.8. The lowest BCUT2D eigenvalue weighted by atomic mass is 10.0. The highest BCUT2D eigenvalue weighted by Crippen LogP contribution is 2.13. The van der Waals surface area contributed by atoms with Gasteiger partial charge in [0.05, 0.1) is 17.0 Å². The van der Waals surface area contributed by atoms with Crippen LogP contribution in [0.5, 0.6) is 0 Å². The predicted octanol–water partition coefficient (Wildman–Crippen LogP) is 1.85. The fourth-order valence-corrected chi connectivity index (χ4v) is 2.91. The van der Waals surface area contributed by atoms with Gasteiger partial charge in [-0.1, -0.05) is 36.4 Å². The van der Waals surface area contributed by atoms with Gasteiger partial charge in [-0.3, -0.25) is 0 Å². The van der Waals surface area contributed by atoms with E-state index in [0.29, 0.717) is 12.0 Å². The maximum Gasteiger partial charge on any atom is 0.240 e. The number of hydrogen-bond donors (Lipinski definition) is 2. The Morgan fingerprint density at radius 3 is 2.47 bits per heavy atom. The summed E-state index contributed by atoms with van der Waals surface area (Å²) in [7, 11) is -3.66. The summed E-state index contributed by atoms with van der Waals surface area (Å²) >= 11 is 0. The molecule has 19 heavy (non-hydrogen) atoms. The summed E-state index contributed by atoms with van der Waals surface area (Å²) in [6.45, 7) is 8.86. The summed E-state index contributed by atoms with van der Waals surface area (Å²) in [6.07, 6.45) is 0.932. The van der Waals surface area contributed by atoms with Crippen molar-refractivity contribution >= 4 is 10.0 Å². The summed E-state index contributed by atoms with van der Waals surface area (Å²) in [5.74, 6) is 0. The van der Waals surface area contributed by atoms with Crippen molar-refractivity contribution < 1.29 is 13.5 Å². The number of sulfonamides is 1. The second-order valence-corrected chi connectivity index (χ2v) is 6.07. The second kappa shape index (κ2) is 6.65. The third-order valence-corrected chi connectivity index (χ3v) is 4.17. The minimum absolute atomic E-state index is 0.165. The van der Waals surface area contributed by atoms with Crippen molar-refractivity contribution in [1.82, 2.24) is 4.72 Å². The monoisotopic (exact) mass is 281 g/mol. The molecule has 0 amide bonds. The maximum absolute atomic E-state index is 12.2. The number of rotatable bonds is 7. The molecule has 0 fully saturated rings. The molecule has 2 atom stereocenters. The van der Waals surface area contributed by atoms with Gasteiger partial charge in [0.1, 0.15) is 0 Å². The van der Waals surface area contributed by atoms with E-state index in [2.05, 4.69) is 17.9 Å². The highest BCUT2D eigenvalue weighted by Gasteiger charge is 2.25. The Kier molecular flexibility index (Phi) is 5.47. The van der Waals surface area contributed by atoms with Gasteiger partial charge in [-0.05, 0) is 25.5 Å². The minimum Gasteiger partial charge on any atom is -0.387 e. The van der Waals surface area contributed by atoms with E-state index in [1.807, 2.05) is 0 Å².